The molecule has 13 heavy (non-hydrogen) atoms. The number of hydrogen-bond donors (Lipinski definition) is 0. The molecule has 0 aromatic heterocycles. The molecule has 0 aromatic rings. The maximum absolute atomic E-state index is 11.6. The van der Waals surface area contributed by atoms with Gasteiger partial charge in [0.15, 0.2) is 0 Å². The summed E-state index contributed by atoms with van der Waals surface area (Å²) in [5, 5.41) is 0. The molecule has 0 N–H and O–H groups in total. The molecule has 0 radical (unpaired) electrons. The average molecular weight is 204 g/mol. The molecule has 0 spiro atoms. The molecule has 1 aliphatic rings. The predicted octanol–water partition coefficient (Wildman–Crippen LogP) is 2.41. The second-order valence-corrected chi connectivity index (χ2v) is 3.97. The fraction of sp³-hybridized carbons (Fsp3) is 0.900. The summed E-state index contributed by atoms with van der Waals surface area (Å²) in [5.41, 5.74) is 0. The Balaban J connectivity index is 2.32. The Bertz CT molecular complexity index is 159. The highest BCUT2D eigenvalue weighted by atomic mass is 35.5. The van der Waals surface area contributed by atoms with Crippen molar-refractivity contribution in [2.45, 2.75) is 38.5 Å². The van der Waals surface area contributed by atoms with Gasteiger partial charge in [-0.3, -0.25) is 4.79 Å². The van der Waals surface area contributed by atoms with E-state index in [1.807, 2.05) is 4.90 Å². The Morgan fingerprint density at radius 3 is 2.77 bits per heavy atom. The van der Waals surface area contributed by atoms with Crippen LogP contribution in [-0.4, -0.2) is 29.8 Å². The first-order chi connectivity index (χ1) is 6.34. The maximum Gasteiger partial charge on any atom is 0.222 e. The van der Waals surface area contributed by atoms with Crippen LogP contribution in [-0.2, 0) is 4.79 Å². The van der Waals surface area contributed by atoms with E-state index in [-0.39, 0.29) is 0 Å². The summed E-state index contributed by atoms with van der Waals surface area (Å²) in [4.78, 5) is 13.5. The molecular weight excluding hydrogens is 186 g/mol. The Labute approximate surface area is 85.2 Å². The third kappa shape index (κ3) is 3.99. The summed E-state index contributed by atoms with van der Waals surface area (Å²) in [6, 6.07) is 0. The van der Waals surface area contributed by atoms with Crippen molar-refractivity contribution in [3.05, 3.63) is 0 Å². The molecule has 1 amide bonds. The number of carbonyl (C=O) groups excluding carboxylic acids is 1. The van der Waals surface area contributed by atoms with Crippen molar-refractivity contribution in [1.29, 1.82) is 0 Å². The monoisotopic (exact) mass is 203 g/mol. The van der Waals surface area contributed by atoms with E-state index >= 15 is 0 Å². The van der Waals surface area contributed by atoms with Gasteiger partial charge in [0.25, 0.3) is 0 Å². The van der Waals surface area contributed by atoms with E-state index in [9.17, 15) is 4.79 Å². The van der Waals surface area contributed by atoms with Crippen molar-refractivity contribution in [3.8, 4) is 0 Å². The zero-order valence-corrected chi connectivity index (χ0v) is 8.85. The zero-order valence-electron chi connectivity index (χ0n) is 8.10. The molecule has 1 fully saturated rings. The second kappa shape index (κ2) is 6.25. The zero-order chi connectivity index (χ0) is 9.52. The Kier molecular flexibility index (Phi) is 5.21. The molecule has 0 saturated carbocycles. The summed E-state index contributed by atoms with van der Waals surface area (Å²) in [5.74, 6) is 0.980. The molecule has 0 bridgehead atoms. The summed E-state index contributed by atoms with van der Waals surface area (Å²) >= 11 is 5.60. The lowest BCUT2D eigenvalue weighted by molar-refractivity contribution is -0.131. The van der Waals surface area contributed by atoms with Crippen LogP contribution in [0.1, 0.15) is 38.5 Å². The molecule has 2 nitrogen and oxygen atoms in total. The molecule has 0 atom stereocenters. The van der Waals surface area contributed by atoms with Gasteiger partial charge in [-0.2, -0.15) is 0 Å². The Morgan fingerprint density at radius 1 is 1.23 bits per heavy atom. The van der Waals surface area contributed by atoms with E-state index in [1.54, 1.807) is 0 Å². The highest BCUT2D eigenvalue weighted by Gasteiger charge is 2.14. The average Bonchev–Trinajstić information content (AvgIpc) is 2.11. The predicted molar refractivity (Wildman–Crippen MR) is 55.0 cm³/mol. The number of halogens is 1. The molecule has 3 heteroatoms. The second-order valence-electron chi connectivity index (χ2n) is 3.59. The fourth-order valence-corrected chi connectivity index (χ4v) is 1.82. The van der Waals surface area contributed by atoms with Crippen molar-refractivity contribution < 1.29 is 4.79 Å². The number of nitrogens with zero attached hydrogens (tertiary/aromatic N) is 1. The minimum atomic E-state index is 0.324. The minimum Gasteiger partial charge on any atom is -0.343 e. The van der Waals surface area contributed by atoms with Crippen LogP contribution in [0.4, 0.5) is 0 Å². The standard InChI is InChI=1S/C10H18ClNO/c11-7-5-9-12-8-4-2-1-3-6-10(12)13/h1-9H2. The SMILES string of the molecule is O=C1CCCCCCN1CCCCl. The van der Waals surface area contributed by atoms with Gasteiger partial charge >= 0.3 is 0 Å². The maximum atomic E-state index is 11.6. The summed E-state index contributed by atoms with van der Waals surface area (Å²) in [7, 11) is 0. The minimum absolute atomic E-state index is 0.324. The van der Waals surface area contributed by atoms with Crippen LogP contribution in [0.3, 0.4) is 0 Å². The topological polar surface area (TPSA) is 20.3 Å². The van der Waals surface area contributed by atoms with Crippen LogP contribution in [0.5, 0.6) is 0 Å². The van der Waals surface area contributed by atoms with Gasteiger partial charge in [0.05, 0.1) is 0 Å². The third-order valence-corrected chi connectivity index (χ3v) is 2.75. The lowest BCUT2D eigenvalue weighted by atomic mass is 10.1. The Morgan fingerprint density at radius 2 is 2.00 bits per heavy atom. The van der Waals surface area contributed by atoms with Crippen LogP contribution in [0.25, 0.3) is 0 Å². The smallest absolute Gasteiger partial charge is 0.222 e. The fourth-order valence-electron chi connectivity index (χ4n) is 1.70. The van der Waals surface area contributed by atoms with Crippen molar-refractivity contribution >= 4 is 17.5 Å². The molecule has 1 aliphatic heterocycles. The highest BCUT2D eigenvalue weighted by molar-refractivity contribution is 6.17. The highest BCUT2D eigenvalue weighted by Crippen LogP contribution is 2.11. The lowest BCUT2D eigenvalue weighted by Gasteiger charge is -2.24. The van der Waals surface area contributed by atoms with Crippen LogP contribution in [0, 0.1) is 0 Å². The van der Waals surface area contributed by atoms with E-state index in [2.05, 4.69) is 0 Å². The molecule has 1 rings (SSSR count). The van der Waals surface area contributed by atoms with E-state index in [0.29, 0.717) is 11.8 Å². The third-order valence-electron chi connectivity index (χ3n) is 2.48. The van der Waals surface area contributed by atoms with Crippen LogP contribution in [0.2, 0.25) is 0 Å². The van der Waals surface area contributed by atoms with Gasteiger partial charge in [0.2, 0.25) is 5.91 Å². The molecular formula is C10H18ClNO. The van der Waals surface area contributed by atoms with Gasteiger partial charge < -0.3 is 4.90 Å². The number of amides is 1. The van der Waals surface area contributed by atoms with Crippen LogP contribution < -0.4 is 0 Å². The molecule has 76 valence electrons. The molecule has 0 aromatic carbocycles. The van der Waals surface area contributed by atoms with Gasteiger partial charge in [0, 0.05) is 25.4 Å². The van der Waals surface area contributed by atoms with E-state index in [4.69, 9.17) is 11.6 Å². The number of likely N-dealkylation sites (tertiary alicyclic amines) is 1. The number of carbonyl (C=O) groups is 1. The summed E-state index contributed by atoms with van der Waals surface area (Å²) < 4.78 is 0. The number of alkyl halides is 1. The van der Waals surface area contributed by atoms with Gasteiger partial charge in [-0.25, -0.2) is 0 Å². The van der Waals surface area contributed by atoms with Crippen molar-refractivity contribution in [2.24, 2.45) is 0 Å². The van der Waals surface area contributed by atoms with Crippen molar-refractivity contribution in [1.82, 2.24) is 4.90 Å². The van der Waals surface area contributed by atoms with Gasteiger partial charge in [-0.1, -0.05) is 12.8 Å². The largest absolute Gasteiger partial charge is 0.343 e. The normalized spacial score (nSPS) is 19.8. The Hall–Kier alpha value is -0.240. The van der Waals surface area contributed by atoms with Gasteiger partial charge in [-0.15, -0.1) is 11.6 Å². The van der Waals surface area contributed by atoms with Crippen LogP contribution in [0.15, 0.2) is 0 Å². The first-order valence-electron chi connectivity index (χ1n) is 5.18. The van der Waals surface area contributed by atoms with Gasteiger partial charge in [-0.05, 0) is 19.3 Å². The van der Waals surface area contributed by atoms with Crippen molar-refractivity contribution in [2.75, 3.05) is 19.0 Å². The molecule has 1 heterocycles. The molecule has 0 unspecified atom stereocenters. The first kappa shape index (κ1) is 10.8. The summed E-state index contributed by atoms with van der Waals surface area (Å²) in [6.07, 6.45) is 6.37. The quantitative estimate of drug-likeness (QED) is 0.646. The van der Waals surface area contributed by atoms with E-state index in [1.165, 1.54) is 12.8 Å². The number of rotatable bonds is 3. The molecule has 1 saturated heterocycles. The number of hydrogen-bond acceptors (Lipinski definition) is 1. The molecule has 0 aliphatic carbocycles. The first-order valence-corrected chi connectivity index (χ1v) is 5.72. The van der Waals surface area contributed by atoms with E-state index < -0.39 is 0 Å². The van der Waals surface area contributed by atoms with E-state index in [0.717, 1.165) is 38.8 Å². The van der Waals surface area contributed by atoms with Crippen molar-refractivity contribution in [3.63, 3.8) is 0 Å². The summed E-state index contributed by atoms with van der Waals surface area (Å²) in [6.45, 7) is 1.79. The van der Waals surface area contributed by atoms with Crippen LogP contribution >= 0.6 is 11.6 Å². The lowest BCUT2D eigenvalue weighted by Crippen LogP contribution is -2.33. The van der Waals surface area contributed by atoms with Gasteiger partial charge in [0.1, 0.15) is 0 Å².